The number of anilines is 1. The summed E-state index contributed by atoms with van der Waals surface area (Å²) in [5.41, 5.74) is 3.28. The average Bonchev–Trinajstić information content (AvgIpc) is 3.17. The maximum absolute atomic E-state index is 12.3. The molecule has 3 aromatic heterocycles. The van der Waals surface area contributed by atoms with E-state index in [-0.39, 0.29) is 5.91 Å². The van der Waals surface area contributed by atoms with E-state index < -0.39 is 6.04 Å². The molecule has 0 aromatic carbocycles. The molecule has 8 nitrogen and oxygen atoms in total. The molecular weight excluding hydrogens is 282 g/mol. The van der Waals surface area contributed by atoms with Gasteiger partial charge in [-0.3, -0.25) is 18.8 Å². The third-order valence-electron chi connectivity index (χ3n) is 3.71. The predicted molar refractivity (Wildman–Crippen MR) is 82.5 cm³/mol. The van der Waals surface area contributed by atoms with Gasteiger partial charge in [-0.15, -0.1) is 0 Å². The number of hydrogen-bond donors (Lipinski definition) is 1. The SMILES string of the molecule is CCn1cc(NC(=O)[C@H](C)n2cc3c(n2)c(C)nn3C)cn1. The number of nitrogens with one attached hydrogen (secondary N) is 1. The lowest BCUT2D eigenvalue weighted by Gasteiger charge is -2.11. The second-order valence-electron chi connectivity index (χ2n) is 5.30. The Hall–Kier alpha value is -2.64. The molecule has 0 aliphatic heterocycles. The van der Waals surface area contributed by atoms with Crippen molar-refractivity contribution < 1.29 is 4.79 Å². The van der Waals surface area contributed by atoms with Crippen molar-refractivity contribution in [3.63, 3.8) is 0 Å². The molecule has 1 atom stereocenters. The molecule has 0 saturated heterocycles. The van der Waals surface area contributed by atoms with E-state index in [1.807, 2.05) is 34.0 Å². The number of carbonyl (C=O) groups excluding carboxylic acids is 1. The Morgan fingerprint density at radius 3 is 2.77 bits per heavy atom. The molecule has 0 bridgehead atoms. The van der Waals surface area contributed by atoms with E-state index in [1.165, 1.54) is 0 Å². The lowest BCUT2D eigenvalue weighted by Crippen LogP contribution is -2.24. The van der Waals surface area contributed by atoms with Crippen LogP contribution in [0.5, 0.6) is 0 Å². The molecule has 22 heavy (non-hydrogen) atoms. The Kier molecular flexibility index (Phi) is 3.44. The van der Waals surface area contributed by atoms with Crippen LogP contribution in [0.2, 0.25) is 0 Å². The number of carbonyl (C=O) groups is 1. The van der Waals surface area contributed by atoms with Crippen molar-refractivity contribution in [3.8, 4) is 0 Å². The van der Waals surface area contributed by atoms with Gasteiger partial charge in [-0.05, 0) is 20.8 Å². The maximum atomic E-state index is 12.3. The van der Waals surface area contributed by atoms with E-state index in [4.69, 9.17) is 0 Å². The summed E-state index contributed by atoms with van der Waals surface area (Å²) < 4.78 is 5.19. The van der Waals surface area contributed by atoms with Gasteiger partial charge in [-0.25, -0.2) is 0 Å². The fraction of sp³-hybridized carbons (Fsp3) is 0.429. The summed E-state index contributed by atoms with van der Waals surface area (Å²) in [6.45, 7) is 6.48. The highest BCUT2D eigenvalue weighted by Crippen LogP contribution is 2.18. The van der Waals surface area contributed by atoms with E-state index in [0.29, 0.717) is 5.69 Å². The highest BCUT2D eigenvalue weighted by molar-refractivity contribution is 5.93. The molecule has 3 aromatic rings. The third kappa shape index (κ3) is 2.36. The zero-order chi connectivity index (χ0) is 15.9. The van der Waals surface area contributed by atoms with Crippen molar-refractivity contribution in [2.24, 2.45) is 7.05 Å². The van der Waals surface area contributed by atoms with Crippen molar-refractivity contribution in [2.45, 2.75) is 33.4 Å². The molecular formula is C14H19N7O. The number of aromatic nitrogens is 6. The van der Waals surface area contributed by atoms with Crippen LogP contribution in [-0.4, -0.2) is 35.2 Å². The highest BCUT2D eigenvalue weighted by Gasteiger charge is 2.19. The van der Waals surface area contributed by atoms with Crippen LogP contribution in [0, 0.1) is 6.92 Å². The summed E-state index contributed by atoms with van der Waals surface area (Å²) in [6, 6.07) is -0.420. The molecule has 3 heterocycles. The first-order valence-corrected chi connectivity index (χ1v) is 7.21. The summed E-state index contributed by atoms with van der Waals surface area (Å²) in [7, 11) is 1.87. The van der Waals surface area contributed by atoms with Crippen LogP contribution in [0.3, 0.4) is 0 Å². The van der Waals surface area contributed by atoms with Gasteiger partial charge in [0, 0.05) is 19.8 Å². The number of rotatable bonds is 4. The molecule has 0 unspecified atom stereocenters. The quantitative estimate of drug-likeness (QED) is 0.791. The minimum atomic E-state index is -0.420. The van der Waals surface area contributed by atoms with Crippen LogP contribution in [0.1, 0.15) is 25.6 Å². The van der Waals surface area contributed by atoms with E-state index in [0.717, 1.165) is 23.3 Å². The summed E-state index contributed by atoms with van der Waals surface area (Å²) in [5.74, 6) is -0.130. The van der Waals surface area contributed by atoms with Crippen molar-refractivity contribution in [2.75, 3.05) is 5.32 Å². The molecule has 116 valence electrons. The molecule has 1 amide bonds. The number of hydrogen-bond acceptors (Lipinski definition) is 4. The van der Waals surface area contributed by atoms with Crippen molar-refractivity contribution >= 4 is 22.6 Å². The van der Waals surface area contributed by atoms with Crippen LogP contribution >= 0.6 is 0 Å². The van der Waals surface area contributed by atoms with E-state index in [1.54, 1.807) is 26.4 Å². The Labute approximate surface area is 127 Å². The average molecular weight is 301 g/mol. The molecule has 0 aliphatic carbocycles. The van der Waals surface area contributed by atoms with Gasteiger partial charge in [-0.1, -0.05) is 0 Å². The predicted octanol–water partition coefficient (Wildman–Crippen LogP) is 1.49. The van der Waals surface area contributed by atoms with Crippen LogP contribution in [0.4, 0.5) is 5.69 Å². The van der Waals surface area contributed by atoms with Gasteiger partial charge in [0.15, 0.2) is 0 Å². The zero-order valence-electron chi connectivity index (χ0n) is 13.1. The van der Waals surface area contributed by atoms with Gasteiger partial charge < -0.3 is 5.32 Å². The van der Waals surface area contributed by atoms with Gasteiger partial charge in [0.1, 0.15) is 17.1 Å². The Morgan fingerprint density at radius 1 is 1.36 bits per heavy atom. The molecule has 8 heteroatoms. The second-order valence-corrected chi connectivity index (χ2v) is 5.30. The van der Waals surface area contributed by atoms with Crippen LogP contribution in [0.25, 0.3) is 11.0 Å². The first-order valence-electron chi connectivity index (χ1n) is 7.21. The van der Waals surface area contributed by atoms with Crippen LogP contribution in [0.15, 0.2) is 18.6 Å². The molecule has 0 aliphatic rings. The van der Waals surface area contributed by atoms with Crippen molar-refractivity contribution in [1.82, 2.24) is 29.3 Å². The van der Waals surface area contributed by atoms with Gasteiger partial charge in [-0.2, -0.15) is 15.3 Å². The van der Waals surface area contributed by atoms with Gasteiger partial charge in [0.25, 0.3) is 0 Å². The summed E-state index contributed by atoms with van der Waals surface area (Å²) in [5, 5.41) is 15.8. The summed E-state index contributed by atoms with van der Waals surface area (Å²) in [4.78, 5) is 12.3. The first kappa shape index (κ1) is 14.3. The monoisotopic (exact) mass is 301 g/mol. The van der Waals surface area contributed by atoms with Crippen LogP contribution < -0.4 is 5.32 Å². The Balaban J connectivity index is 1.80. The summed E-state index contributed by atoms with van der Waals surface area (Å²) in [6.07, 6.45) is 5.29. The lowest BCUT2D eigenvalue weighted by molar-refractivity contribution is -0.119. The Morgan fingerprint density at radius 2 is 2.14 bits per heavy atom. The molecule has 0 radical (unpaired) electrons. The molecule has 1 N–H and O–H groups in total. The van der Waals surface area contributed by atoms with E-state index in [9.17, 15) is 4.79 Å². The number of nitrogens with zero attached hydrogens (tertiary/aromatic N) is 6. The zero-order valence-corrected chi connectivity index (χ0v) is 13.1. The first-order chi connectivity index (χ1) is 10.5. The smallest absolute Gasteiger partial charge is 0.249 e. The van der Waals surface area contributed by atoms with Crippen LogP contribution in [-0.2, 0) is 18.4 Å². The van der Waals surface area contributed by atoms with Crippen molar-refractivity contribution in [3.05, 3.63) is 24.3 Å². The maximum Gasteiger partial charge on any atom is 0.249 e. The van der Waals surface area contributed by atoms with Gasteiger partial charge >= 0.3 is 0 Å². The fourth-order valence-corrected chi connectivity index (χ4v) is 2.37. The number of amides is 1. The second kappa shape index (κ2) is 5.28. The normalized spacial score (nSPS) is 12.7. The topological polar surface area (TPSA) is 82.6 Å². The largest absolute Gasteiger partial charge is 0.322 e. The standard InChI is InChI=1S/C14H19N7O/c1-5-20-7-11(6-15-20)16-14(22)10(3)21-8-12-13(18-21)9(2)17-19(12)4/h6-8,10H,5H2,1-4H3,(H,16,22)/t10-/m0/s1. The molecule has 3 rings (SSSR count). The third-order valence-corrected chi connectivity index (χ3v) is 3.71. The Bertz CT molecular complexity index is 791. The minimum Gasteiger partial charge on any atom is -0.322 e. The highest BCUT2D eigenvalue weighted by atomic mass is 16.2. The number of aryl methyl sites for hydroxylation is 3. The molecule has 0 spiro atoms. The molecule has 0 fully saturated rings. The minimum absolute atomic E-state index is 0.130. The lowest BCUT2D eigenvalue weighted by atomic mass is 10.3. The van der Waals surface area contributed by atoms with E-state index >= 15 is 0 Å². The van der Waals surface area contributed by atoms with Crippen molar-refractivity contribution in [1.29, 1.82) is 0 Å². The van der Waals surface area contributed by atoms with Gasteiger partial charge in [0.2, 0.25) is 5.91 Å². The number of fused-ring (bicyclic) bond motifs is 1. The van der Waals surface area contributed by atoms with Gasteiger partial charge in [0.05, 0.1) is 23.8 Å². The van der Waals surface area contributed by atoms with E-state index in [2.05, 4.69) is 20.6 Å². The summed E-state index contributed by atoms with van der Waals surface area (Å²) >= 11 is 0. The molecule has 0 saturated carbocycles. The fourth-order valence-electron chi connectivity index (χ4n) is 2.37.